The van der Waals surface area contributed by atoms with Crippen LogP contribution in [0.4, 0.5) is 0 Å². The molecule has 0 radical (unpaired) electrons. The first-order valence-corrected chi connectivity index (χ1v) is 12.8. The zero-order valence-electron chi connectivity index (χ0n) is 19.9. The van der Waals surface area contributed by atoms with Crippen LogP contribution in [0.15, 0.2) is 29.6 Å². The third kappa shape index (κ3) is 3.52. The number of pyridine rings is 1. The van der Waals surface area contributed by atoms with Crippen LogP contribution in [0.2, 0.25) is 0 Å². The summed E-state index contributed by atoms with van der Waals surface area (Å²) in [5.74, 6) is 3.38. The molecule has 5 rings (SSSR count). The van der Waals surface area contributed by atoms with E-state index in [2.05, 4.69) is 36.3 Å². The van der Waals surface area contributed by atoms with Gasteiger partial charge >= 0.3 is 0 Å². The van der Waals surface area contributed by atoms with Crippen molar-refractivity contribution in [2.45, 2.75) is 84.7 Å². The number of hydrogen-bond acceptors (Lipinski definition) is 4. The maximum atomic E-state index is 12.4. The Morgan fingerprint density at radius 3 is 2.53 bits per heavy atom. The molecular formula is C27H39N3O2. The quantitative estimate of drug-likeness (QED) is 0.504. The number of aromatic nitrogens is 1. The van der Waals surface area contributed by atoms with E-state index in [1.165, 1.54) is 44.9 Å². The first-order chi connectivity index (χ1) is 15.3. The molecule has 7 unspecified atom stereocenters. The standard InChI is InChI=1S/C27H39N3O2/c1-17(29-30-25(32)18-10-14-28-15-11-18)22-6-7-23-21-5-4-19-16-20(31)8-12-26(19,2)24(21)9-13-27(22,23)3/h10-11,14-15,19-24,31H,4-9,12-13,16H2,1-3H3,(H,30,32)/t19-,20?,21?,22?,23?,24?,26?,27?/m0/s1. The Morgan fingerprint density at radius 1 is 1.03 bits per heavy atom. The van der Waals surface area contributed by atoms with Gasteiger partial charge in [0.1, 0.15) is 0 Å². The molecule has 1 aromatic rings. The summed E-state index contributed by atoms with van der Waals surface area (Å²) in [6, 6.07) is 3.44. The van der Waals surface area contributed by atoms with E-state index in [1.54, 1.807) is 24.5 Å². The monoisotopic (exact) mass is 437 g/mol. The van der Waals surface area contributed by atoms with Gasteiger partial charge in [-0.3, -0.25) is 9.78 Å². The van der Waals surface area contributed by atoms with Gasteiger partial charge in [0.2, 0.25) is 0 Å². The van der Waals surface area contributed by atoms with Gasteiger partial charge < -0.3 is 5.11 Å². The van der Waals surface area contributed by atoms with Crippen molar-refractivity contribution in [3.63, 3.8) is 0 Å². The maximum absolute atomic E-state index is 12.4. The second kappa shape index (κ2) is 8.23. The van der Waals surface area contributed by atoms with Gasteiger partial charge in [0.25, 0.3) is 5.91 Å². The van der Waals surface area contributed by atoms with E-state index in [0.717, 1.165) is 36.3 Å². The Hall–Kier alpha value is -1.75. The minimum Gasteiger partial charge on any atom is -0.393 e. The summed E-state index contributed by atoms with van der Waals surface area (Å²) >= 11 is 0. The van der Waals surface area contributed by atoms with E-state index < -0.39 is 0 Å². The fourth-order valence-corrected chi connectivity index (χ4v) is 8.71. The molecular weight excluding hydrogens is 398 g/mol. The topological polar surface area (TPSA) is 74.6 Å². The average Bonchev–Trinajstić information content (AvgIpc) is 3.15. The van der Waals surface area contributed by atoms with Gasteiger partial charge in [-0.1, -0.05) is 13.8 Å². The third-order valence-corrected chi connectivity index (χ3v) is 10.4. The Bertz CT molecular complexity index is 886. The third-order valence-electron chi connectivity index (χ3n) is 10.4. The summed E-state index contributed by atoms with van der Waals surface area (Å²) in [6.07, 6.45) is 14.1. The van der Waals surface area contributed by atoms with Gasteiger partial charge in [-0.15, -0.1) is 0 Å². The van der Waals surface area contributed by atoms with Gasteiger partial charge in [-0.25, -0.2) is 5.43 Å². The SMILES string of the molecule is CC(=NNC(=O)c1ccncc1)C1CCC2C3CC[C@H]4CC(O)CCC4(C)C3CCC12C. The van der Waals surface area contributed by atoms with Gasteiger partial charge in [0, 0.05) is 29.6 Å². The lowest BCUT2D eigenvalue weighted by Gasteiger charge is -2.61. The Labute approximate surface area is 192 Å². The van der Waals surface area contributed by atoms with Gasteiger partial charge in [-0.05, 0) is 111 Å². The largest absolute Gasteiger partial charge is 0.393 e. The lowest BCUT2D eigenvalue weighted by molar-refractivity contribution is -0.123. The molecule has 0 aliphatic heterocycles. The number of nitrogens with zero attached hydrogens (tertiary/aromatic N) is 2. The number of nitrogens with one attached hydrogen (secondary N) is 1. The lowest BCUT2D eigenvalue weighted by atomic mass is 9.44. The molecule has 1 heterocycles. The van der Waals surface area contributed by atoms with Gasteiger partial charge in [0.15, 0.2) is 0 Å². The second-order valence-electron chi connectivity index (χ2n) is 11.7. The van der Waals surface area contributed by atoms with Crippen LogP contribution >= 0.6 is 0 Å². The van der Waals surface area contributed by atoms with E-state index in [9.17, 15) is 9.90 Å². The number of hydrazone groups is 1. The molecule has 4 aliphatic rings. The highest BCUT2D eigenvalue weighted by molar-refractivity contribution is 5.95. The summed E-state index contributed by atoms with van der Waals surface area (Å²) in [5, 5.41) is 14.8. The number of aliphatic hydroxyl groups excluding tert-OH is 1. The van der Waals surface area contributed by atoms with Crippen LogP contribution in [-0.4, -0.2) is 27.8 Å². The number of aliphatic hydroxyl groups is 1. The molecule has 5 nitrogen and oxygen atoms in total. The second-order valence-corrected chi connectivity index (χ2v) is 11.7. The van der Waals surface area contributed by atoms with Crippen LogP contribution in [0.25, 0.3) is 0 Å². The van der Waals surface area contributed by atoms with E-state index in [4.69, 9.17) is 0 Å². The molecule has 1 amide bonds. The van der Waals surface area contributed by atoms with E-state index in [1.807, 2.05) is 0 Å². The summed E-state index contributed by atoms with van der Waals surface area (Å²) in [4.78, 5) is 16.4. The summed E-state index contributed by atoms with van der Waals surface area (Å²) in [6.45, 7) is 7.17. The molecule has 1 aromatic heterocycles. The van der Waals surface area contributed by atoms with E-state index in [0.29, 0.717) is 22.8 Å². The molecule has 174 valence electrons. The first kappa shape index (κ1) is 22.1. The molecule has 2 N–H and O–H groups in total. The predicted molar refractivity (Wildman–Crippen MR) is 126 cm³/mol. The average molecular weight is 438 g/mol. The number of rotatable bonds is 3. The molecule has 8 atom stereocenters. The van der Waals surface area contributed by atoms with E-state index in [-0.39, 0.29) is 17.4 Å². The van der Waals surface area contributed by atoms with E-state index >= 15 is 0 Å². The van der Waals surface area contributed by atoms with Crippen LogP contribution in [0, 0.1) is 40.4 Å². The number of carbonyl (C=O) groups is 1. The molecule has 32 heavy (non-hydrogen) atoms. The van der Waals surface area contributed by atoms with Crippen molar-refractivity contribution >= 4 is 11.6 Å². The normalized spacial score (nSPS) is 43.7. The Kier molecular flexibility index (Phi) is 5.68. The van der Waals surface area contributed by atoms with Crippen molar-refractivity contribution in [3.8, 4) is 0 Å². The van der Waals surface area contributed by atoms with Gasteiger partial charge in [-0.2, -0.15) is 5.10 Å². The van der Waals surface area contributed by atoms with Crippen molar-refractivity contribution in [1.82, 2.24) is 10.4 Å². The van der Waals surface area contributed by atoms with Crippen LogP contribution < -0.4 is 5.43 Å². The molecule has 0 saturated heterocycles. The Morgan fingerprint density at radius 2 is 1.75 bits per heavy atom. The van der Waals surface area contributed by atoms with Crippen molar-refractivity contribution in [2.75, 3.05) is 0 Å². The van der Waals surface area contributed by atoms with Crippen molar-refractivity contribution in [2.24, 2.45) is 45.5 Å². The number of carbonyl (C=O) groups excluding carboxylic acids is 1. The fourth-order valence-electron chi connectivity index (χ4n) is 8.71. The molecule has 0 spiro atoms. The van der Waals surface area contributed by atoms with Crippen LogP contribution in [0.1, 0.15) is 88.9 Å². The summed E-state index contributed by atoms with van der Waals surface area (Å²) < 4.78 is 0. The molecule has 0 aromatic carbocycles. The molecule has 5 heteroatoms. The summed E-state index contributed by atoms with van der Waals surface area (Å²) in [5.41, 5.74) is 5.17. The number of hydrogen-bond donors (Lipinski definition) is 2. The minimum atomic E-state index is -0.166. The first-order valence-electron chi connectivity index (χ1n) is 12.8. The smallest absolute Gasteiger partial charge is 0.271 e. The molecule has 4 saturated carbocycles. The highest BCUT2D eigenvalue weighted by Gasteiger charge is 2.60. The lowest BCUT2D eigenvalue weighted by Crippen LogP contribution is -2.54. The molecule has 4 fully saturated rings. The highest BCUT2D eigenvalue weighted by Crippen LogP contribution is 2.67. The van der Waals surface area contributed by atoms with Crippen molar-refractivity contribution < 1.29 is 9.90 Å². The minimum absolute atomic E-state index is 0.0736. The fraction of sp³-hybridized carbons (Fsp3) is 0.741. The maximum Gasteiger partial charge on any atom is 0.271 e. The zero-order chi connectivity index (χ0) is 22.5. The zero-order valence-corrected chi connectivity index (χ0v) is 19.9. The predicted octanol–water partition coefficient (Wildman–Crippen LogP) is 5.21. The summed E-state index contributed by atoms with van der Waals surface area (Å²) in [7, 11) is 0. The van der Waals surface area contributed by atoms with Gasteiger partial charge in [0.05, 0.1) is 6.10 Å². The number of amides is 1. The van der Waals surface area contributed by atoms with Crippen LogP contribution in [-0.2, 0) is 0 Å². The van der Waals surface area contributed by atoms with Crippen LogP contribution in [0.3, 0.4) is 0 Å². The van der Waals surface area contributed by atoms with Crippen molar-refractivity contribution in [1.29, 1.82) is 0 Å². The van der Waals surface area contributed by atoms with Crippen LogP contribution in [0.5, 0.6) is 0 Å². The Balaban J connectivity index is 1.31. The van der Waals surface area contributed by atoms with Crippen molar-refractivity contribution in [3.05, 3.63) is 30.1 Å². The number of fused-ring (bicyclic) bond motifs is 5. The molecule has 4 aliphatic carbocycles. The molecule has 0 bridgehead atoms. The highest BCUT2D eigenvalue weighted by atomic mass is 16.3.